The molecule has 0 fully saturated rings. The molecule has 0 spiro atoms. The summed E-state index contributed by atoms with van der Waals surface area (Å²) in [7, 11) is 0. The molecule has 140 valence electrons. The van der Waals surface area contributed by atoms with Crippen molar-refractivity contribution in [2.24, 2.45) is 0 Å². The Balaban J connectivity index is 1.98. The fourth-order valence-electron chi connectivity index (χ4n) is 2.44. The van der Waals surface area contributed by atoms with Crippen molar-refractivity contribution in [2.75, 3.05) is 0 Å². The molecule has 2 aromatic rings. The summed E-state index contributed by atoms with van der Waals surface area (Å²) in [4.78, 5) is 22.9. The third-order valence-electron chi connectivity index (χ3n) is 3.63. The second-order valence-corrected chi connectivity index (χ2v) is 5.78. The van der Waals surface area contributed by atoms with Crippen molar-refractivity contribution in [3.63, 3.8) is 0 Å². The van der Waals surface area contributed by atoms with Gasteiger partial charge in [-0.3, -0.25) is 14.3 Å². The molecule has 1 heterocycles. The number of hydrogen-bond acceptors (Lipinski definition) is 3. The Labute approximate surface area is 147 Å². The minimum Gasteiger partial charge on any atom is -0.481 e. The maximum atomic E-state index is 12.5. The van der Waals surface area contributed by atoms with E-state index in [9.17, 15) is 22.8 Å². The molecule has 0 saturated heterocycles. The standard InChI is InChI=1S/C17H18F3N3O3/c18-17(19,20)14-8-9-23(22-14)11-15(24)21-13(6-7-16(25)26)10-12-4-2-1-3-5-12/h1-5,8-9,13H,6-7,10-11H2,(H,21,24)(H,25,26). The van der Waals surface area contributed by atoms with Crippen LogP contribution >= 0.6 is 0 Å². The number of halogens is 3. The molecule has 0 saturated carbocycles. The number of carbonyl (C=O) groups excluding carboxylic acids is 1. The van der Waals surface area contributed by atoms with E-state index in [0.29, 0.717) is 6.42 Å². The van der Waals surface area contributed by atoms with E-state index in [0.717, 1.165) is 22.5 Å². The van der Waals surface area contributed by atoms with Crippen molar-refractivity contribution in [2.45, 2.75) is 38.0 Å². The van der Waals surface area contributed by atoms with Gasteiger partial charge in [-0.2, -0.15) is 18.3 Å². The lowest BCUT2D eigenvalue weighted by Crippen LogP contribution is -2.39. The smallest absolute Gasteiger partial charge is 0.435 e. The predicted molar refractivity (Wildman–Crippen MR) is 86.2 cm³/mol. The molecule has 9 heteroatoms. The lowest BCUT2D eigenvalue weighted by atomic mass is 10.0. The fourth-order valence-corrected chi connectivity index (χ4v) is 2.44. The summed E-state index contributed by atoms with van der Waals surface area (Å²) in [5.41, 5.74) is -0.154. The number of nitrogens with zero attached hydrogens (tertiary/aromatic N) is 2. The van der Waals surface area contributed by atoms with Gasteiger partial charge in [0.05, 0.1) is 0 Å². The summed E-state index contributed by atoms with van der Waals surface area (Å²) < 4.78 is 38.5. The van der Waals surface area contributed by atoms with E-state index in [4.69, 9.17) is 5.11 Å². The summed E-state index contributed by atoms with van der Waals surface area (Å²) >= 11 is 0. The summed E-state index contributed by atoms with van der Waals surface area (Å²) in [5, 5.41) is 14.8. The molecular formula is C17H18F3N3O3. The molecule has 26 heavy (non-hydrogen) atoms. The van der Waals surface area contributed by atoms with Crippen molar-refractivity contribution < 1.29 is 27.9 Å². The number of aliphatic carboxylic acids is 1. The Morgan fingerprint density at radius 2 is 1.88 bits per heavy atom. The molecule has 0 bridgehead atoms. The first-order valence-electron chi connectivity index (χ1n) is 7.90. The number of amides is 1. The molecule has 1 amide bonds. The molecule has 1 aromatic carbocycles. The highest BCUT2D eigenvalue weighted by molar-refractivity contribution is 5.76. The number of benzene rings is 1. The molecule has 2 rings (SSSR count). The third kappa shape index (κ3) is 6.23. The number of carbonyl (C=O) groups is 2. The highest BCUT2D eigenvalue weighted by atomic mass is 19.4. The van der Waals surface area contributed by atoms with Gasteiger partial charge in [0.1, 0.15) is 6.54 Å². The Kier molecular flexibility index (Phi) is 6.37. The first-order chi connectivity index (χ1) is 12.2. The van der Waals surface area contributed by atoms with Crippen LogP contribution in [-0.2, 0) is 28.7 Å². The maximum Gasteiger partial charge on any atom is 0.435 e. The van der Waals surface area contributed by atoms with Gasteiger partial charge in [0, 0.05) is 18.7 Å². The summed E-state index contributed by atoms with van der Waals surface area (Å²) in [6.45, 7) is -0.381. The normalized spacial score (nSPS) is 12.6. The Morgan fingerprint density at radius 1 is 1.19 bits per heavy atom. The molecule has 0 aliphatic heterocycles. The molecule has 1 unspecified atom stereocenters. The van der Waals surface area contributed by atoms with Gasteiger partial charge in [-0.25, -0.2) is 0 Å². The molecule has 6 nitrogen and oxygen atoms in total. The molecule has 0 aliphatic rings. The van der Waals surface area contributed by atoms with Gasteiger partial charge in [0.2, 0.25) is 5.91 Å². The first-order valence-corrected chi connectivity index (χ1v) is 7.90. The Bertz CT molecular complexity index is 744. The second-order valence-electron chi connectivity index (χ2n) is 5.78. The molecule has 1 aromatic heterocycles. The van der Waals surface area contributed by atoms with Crippen LogP contribution < -0.4 is 5.32 Å². The topological polar surface area (TPSA) is 84.2 Å². The molecular weight excluding hydrogens is 351 g/mol. The van der Waals surface area contributed by atoms with Crippen LogP contribution in [0.1, 0.15) is 24.1 Å². The lowest BCUT2D eigenvalue weighted by Gasteiger charge is -2.18. The highest BCUT2D eigenvalue weighted by Crippen LogP contribution is 2.27. The lowest BCUT2D eigenvalue weighted by molar-refractivity contribution is -0.141. The van der Waals surface area contributed by atoms with Crippen LogP contribution in [-0.4, -0.2) is 32.8 Å². The van der Waals surface area contributed by atoms with Crippen molar-refractivity contribution >= 4 is 11.9 Å². The van der Waals surface area contributed by atoms with E-state index in [-0.39, 0.29) is 19.4 Å². The first kappa shape index (κ1) is 19.5. The summed E-state index contributed by atoms with van der Waals surface area (Å²) in [5.74, 6) is -1.52. The minimum atomic E-state index is -4.57. The van der Waals surface area contributed by atoms with E-state index >= 15 is 0 Å². The van der Waals surface area contributed by atoms with E-state index in [1.807, 2.05) is 30.3 Å². The third-order valence-corrected chi connectivity index (χ3v) is 3.63. The number of carboxylic acids is 1. The zero-order valence-corrected chi connectivity index (χ0v) is 13.7. The highest BCUT2D eigenvalue weighted by Gasteiger charge is 2.33. The van der Waals surface area contributed by atoms with Crippen LogP contribution in [0.15, 0.2) is 42.6 Å². The van der Waals surface area contributed by atoms with Gasteiger partial charge in [-0.15, -0.1) is 0 Å². The van der Waals surface area contributed by atoms with Gasteiger partial charge >= 0.3 is 12.1 Å². The van der Waals surface area contributed by atoms with Crippen molar-refractivity contribution in [3.8, 4) is 0 Å². The largest absolute Gasteiger partial charge is 0.481 e. The predicted octanol–water partition coefficient (Wildman–Crippen LogP) is 2.49. The van der Waals surface area contributed by atoms with Crippen LogP contribution in [0.25, 0.3) is 0 Å². The number of aromatic nitrogens is 2. The van der Waals surface area contributed by atoms with Gasteiger partial charge in [-0.1, -0.05) is 30.3 Å². The molecule has 1 atom stereocenters. The quantitative estimate of drug-likeness (QED) is 0.749. The van der Waals surface area contributed by atoms with Crippen LogP contribution in [0, 0.1) is 0 Å². The van der Waals surface area contributed by atoms with Gasteiger partial charge in [0.15, 0.2) is 5.69 Å². The second kappa shape index (κ2) is 8.50. The zero-order valence-electron chi connectivity index (χ0n) is 13.7. The number of hydrogen-bond donors (Lipinski definition) is 2. The molecule has 2 N–H and O–H groups in total. The van der Waals surface area contributed by atoms with Gasteiger partial charge in [0.25, 0.3) is 0 Å². The average Bonchev–Trinajstić information content (AvgIpc) is 3.02. The van der Waals surface area contributed by atoms with Crippen molar-refractivity contribution in [3.05, 3.63) is 53.9 Å². The monoisotopic (exact) mass is 369 g/mol. The Morgan fingerprint density at radius 3 is 2.46 bits per heavy atom. The number of alkyl halides is 3. The SMILES string of the molecule is O=C(O)CCC(Cc1ccccc1)NC(=O)Cn1ccc(C(F)(F)F)n1. The maximum absolute atomic E-state index is 12.5. The fraction of sp³-hybridized carbons (Fsp3) is 0.353. The zero-order chi connectivity index (χ0) is 19.2. The number of rotatable bonds is 8. The van der Waals surface area contributed by atoms with Crippen LogP contribution in [0.2, 0.25) is 0 Å². The molecule has 0 aliphatic carbocycles. The Hall–Kier alpha value is -2.84. The van der Waals surface area contributed by atoms with E-state index < -0.39 is 29.8 Å². The molecule has 0 radical (unpaired) electrons. The van der Waals surface area contributed by atoms with E-state index in [1.165, 1.54) is 0 Å². The van der Waals surface area contributed by atoms with Gasteiger partial charge < -0.3 is 10.4 Å². The number of carboxylic acid groups (broad SMARTS) is 1. The van der Waals surface area contributed by atoms with E-state index in [2.05, 4.69) is 10.4 Å². The average molecular weight is 369 g/mol. The van der Waals surface area contributed by atoms with Crippen molar-refractivity contribution in [1.29, 1.82) is 0 Å². The summed E-state index contributed by atoms with van der Waals surface area (Å²) in [6, 6.07) is 9.54. The summed E-state index contributed by atoms with van der Waals surface area (Å²) in [6.07, 6.45) is -2.99. The van der Waals surface area contributed by atoms with Crippen molar-refractivity contribution in [1.82, 2.24) is 15.1 Å². The van der Waals surface area contributed by atoms with E-state index in [1.54, 1.807) is 0 Å². The number of nitrogens with one attached hydrogen (secondary N) is 1. The minimum absolute atomic E-state index is 0.127. The van der Waals surface area contributed by atoms with Crippen LogP contribution in [0.3, 0.4) is 0 Å². The van der Waals surface area contributed by atoms with Crippen LogP contribution in [0.5, 0.6) is 0 Å². The van der Waals surface area contributed by atoms with Gasteiger partial charge in [-0.05, 0) is 24.5 Å². The van der Waals surface area contributed by atoms with Crippen LogP contribution in [0.4, 0.5) is 13.2 Å².